The lowest BCUT2D eigenvalue weighted by molar-refractivity contribution is -0.139. The molecule has 0 aromatic carbocycles. The minimum atomic E-state index is -0.726. The van der Waals surface area contributed by atoms with Gasteiger partial charge in [0.2, 0.25) is 0 Å². The van der Waals surface area contributed by atoms with Crippen LogP contribution in [-0.4, -0.2) is 24.1 Å². The topological polar surface area (TPSA) is 70.6 Å². The molecule has 0 radical (unpaired) electrons. The zero-order valence-corrected chi connectivity index (χ0v) is 8.58. The lowest BCUT2D eigenvalue weighted by atomic mass is 10.3. The van der Waals surface area contributed by atoms with E-state index in [1.54, 1.807) is 0 Å². The highest BCUT2D eigenvalue weighted by molar-refractivity contribution is 6.35. The van der Waals surface area contributed by atoms with Crippen molar-refractivity contribution in [3.8, 4) is 0 Å². The summed E-state index contributed by atoms with van der Waals surface area (Å²) in [5, 5.41) is 6.25. The first-order valence-corrected chi connectivity index (χ1v) is 4.98. The third-order valence-corrected chi connectivity index (χ3v) is 2.11. The Labute approximate surface area is 88.6 Å². The van der Waals surface area contributed by atoms with Crippen LogP contribution < -0.4 is 10.7 Å². The number of hydrazone groups is 1. The molecule has 0 aromatic heterocycles. The molecule has 15 heavy (non-hydrogen) atoms. The van der Waals surface area contributed by atoms with E-state index in [1.807, 2.05) is 0 Å². The van der Waals surface area contributed by atoms with Crippen molar-refractivity contribution in [2.24, 2.45) is 5.10 Å². The molecule has 0 atom stereocenters. The van der Waals surface area contributed by atoms with Gasteiger partial charge in [0.05, 0.1) is 0 Å². The summed E-state index contributed by atoms with van der Waals surface area (Å²) in [6.45, 7) is 3.71. The van der Waals surface area contributed by atoms with Gasteiger partial charge >= 0.3 is 11.8 Å². The van der Waals surface area contributed by atoms with Crippen LogP contribution in [0, 0.1) is 0 Å². The second kappa shape index (κ2) is 5.95. The maximum atomic E-state index is 11.1. The average molecular weight is 209 g/mol. The Balaban J connectivity index is 2.31. The molecule has 5 nitrogen and oxygen atoms in total. The second-order valence-corrected chi connectivity index (χ2v) is 3.32. The molecule has 2 N–H and O–H groups in total. The average Bonchev–Trinajstić information content (AvgIpc) is 2.75. The monoisotopic (exact) mass is 209 g/mol. The SMILES string of the molecule is C=CCNC(=O)C(=O)NN=C1CCCC1. The normalized spacial score (nSPS) is 14.5. The third-order valence-electron chi connectivity index (χ3n) is 2.11. The number of hydrogen-bond donors (Lipinski definition) is 2. The highest BCUT2D eigenvalue weighted by atomic mass is 16.2. The molecular formula is C10H15N3O2. The maximum absolute atomic E-state index is 11.1. The Morgan fingerprint density at radius 2 is 2.00 bits per heavy atom. The molecule has 5 heteroatoms. The number of hydrogen-bond acceptors (Lipinski definition) is 3. The number of nitrogens with zero attached hydrogens (tertiary/aromatic N) is 1. The van der Waals surface area contributed by atoms with Gasteiger partial charge in [-0.1, -0.05) is 6.08 Å². The van der Waals surface area contributed by atoms with Crippen LogP contribution in [0.5, 0.6) is 0 Å². The summed E-state index contributed by atoms with van der Waals surface area (Å²) < 4.78 is 0. The molecule has 0 aromatic rings. The summed E-state index contributed by atoms with van der Waals surface area (Å²) in [5.74, 6) is -1.41. The van der Waals surface area contributed by atoms with E-state index >= 15 is 0 Å². The van der Waals surface area contributed by atoms with Gasteiger partial charge in [-0.2, -0.15) is 5.10 Å². The highest BCUT2D eigenvalue weighted by Gasteiger charge is 2.13. The Morgan fingerprint density at radius 1 is 1.33 bits per heavy atom. The summed E-state index contributed by atoms with van der Waals surface area (Å²) in [6.07, 6.45) is 5.55. The summed E-state index contributed by atoms with van der Waals surface area (Å²) in [4.78, 5) is 22.2. The third kappa shape index (κ3) is 3.93. The van der Waals surface area contributed by atoms with Gasteiger partial charge in [-0.15, -0.1) is 6.58 Å². The first kappa shape index (κ1) is 11.4. The van der Waals surface area contributed by atoms with E-state index in [0.29, 0.717) is 0 Å². The minimum Gasteiger partial charge on any atom is -0.344 e. The van der Waals surface area contributed by atoms with E-state index in [9.17, 15) is 9.59 Å². The molecule has 1 rings (SSSR count). The molecule has 1 aliphatic rings. The van der Waals surface area contributed by atoms with Crippen molar-refractivity contribution in [2.45, 2.75) is 25.7 Å². The van der Waals surface area contributed by atoms with E-state index < -0.39 is 11.8 Å². The molecule has 82 valence electrons. The first-order chi connectivity index (χ1) is 7.24. The number of nitrogens with one attached hydrogen (secondary N) is 2. The van der Waals surface area contributed by atoms with Crippen molar-refractivity contribution in [1.82, 2.24) is 10.7 Å². The number of carbonyl (C=O) groups excluding carboxylic acids is 2. The van der Waals surface area contributed by atoms with Crippen LogP contribution in [-0.2, 0) is 9.59 Å². The van der Waals surface area contributed by atoms with E-state index in [2.05, 4.69) is 22.4 Å². The van der Waals surface area contributed by atoms with Crippen LogP contribution in [0.25, 0.3) is 0 Å². The Morgan fingerprint density at radius 3 is 2.60 bits per heavy atom. The lowest BCUT2D eigenvalue weighted by Gasteiger charge is -2.01. The van der Waals surface area contributed by atoms with Gasteiger partial charge in [-0.25, -0.2) is 5.43 Å². The Hall–Kier alpha value is -1.65. The highest BCUT2D eigenvalue weighted by Crippen LogP contribution is 2.13. The van der Waals surface area contributed by atoms with Crippen LogP contribution in [0.15, 0.2) is 17.8 Å². The first-order valence-electron chi connectivity index (χ1n) is 4.98. The van der Waals surface area contributed by atoms with Crippen molar-refractivity contribution in [2.75, 3.05) is 6.54 Å². The van der Waals surface area contributed by atoms with Gasteiger partial charge in [-0.05, 0) is 25.7 Å². The molecule has 0 heterocycles. The summed E-state index contributed by atoms with van der Waals surface area (Å²) in [6, 6.07) is 0. The molecule has 0 spiro atoms. The molecule has 0 saturated heterocycles. The van der Waals surface area contributed by atoms with Gasteiger partial charge in [0.25, 0.3) is 0 Å². The second-order valence-electron chi connectivity index (χ2n) is 3.32. The van der Waals surface area contributed by atoms with E-state index in [4.69, 9.17) is 0 Å². The molecule has 1 saturated carbocycles. The predicted octanol–water partition coefficient (Wildman–Crippen LogP) is 0.335. The Bertz CT molecular complexity index is 289. The van der Waals surface area contributed by atoms with Crippen molar-refractivity contribution >= 4 is 17.5 Å². The number of rotatable bonds is 3. The van der Waals surface area contributed by atoms with Gasteiger partial charge in [-0.3, -0.25) is 9.59 Å². The molecule has 0 unspecified atom stereocenters. The maximum Gasteiger partial charge on any atom is 0.329 e. The fourth-order valence-electron chi connectivity index (χ4n) is 1.32. The summed E-state index contributed by atoms with van der Waals surface area (Å²) in [7, 11) is 0. The zero-order chi connectivity index (χ0) is 11.1. The fourth-order valence-corrected chi connectivity index (χ4v) is 1.32. The van der Waals surface area contributed by atoms with Gasteiger partial charge < -0.3 is 5.32 Å². The molecule has 1 aliphatic carbocycles. The Kier molecular flexibility index (Phi) is 4.53. The number of carbonyl (C=O) groups is 2. The molecule has 1 fully saturated rings. The summed E-state index contributed by atoms with van der Waals surface area (Å²) in [5.41, 5.74) is 3.19. The van der Waals surface area contributed by atoms with E-state index in [-0.39, 0.29) is 6.54 Å². The molecular weight excluding hydrogens is 194 g/mol. The van der Waals surface area contributed by atoms with Crippen LogP contribution in [0.2, 0.25) is 0 Å². The number of amides is 2. The quantitative estimate of drug-likeness (QED) is 0.399. The van der Waals surface area contributed by atoms with Crippen LogP contribution >= 0.6 is 0 Å². The van der Waals surface area contributed by atoms with Crippen LogP contribution in [0.3, 0.4) is 0 Å². The fraction of sp³-hybridized carbons (Fsp3) is 0.500. The zero-order valence-electron chi connectivity index (χ0n) is 8.58. The standard InChI is InChI=1S/C10H15N3O2/c1-2-7-11-9(14)10(15)13-12-8-5-3-4-6-8/h2H,1,3-7H2,(H,11,14)(H,13,15). The molecule has 0 aliphatic heterocycles. The summed E-state index contributed by atoms with van der Waals surface area (Å²) >= 11 is 0. The van der Waals surface area contributed by atoms with Crippen molar-refractivity contribution in [3.05, 3.63) is 12.7 Å². The minimum absolute atomic E-state index is 0.281. The van der Waals surface area contributed by atoms with Crippen molar-refractivity contribution < 1.29 is 9.59 Å². The van der Waals surface area contributed by atoms with Gasteiger partial charge in [0.15, 0.2) is 0 Å². The van der Waals surface area contributed by atoms with Crippen LogP contribution in [0.4, 0.5) is 0 Å². The van der Waals surface area contributed by atoms with Gasteiger partial charge in [0.1, 0.15) is 0 Å². The van der Waals surface area contributed by atoms with E-state index in [1.165, 1.54) is 6.08 Å². The van der Waals surface area contributed by atoms with Crippen molar-refractivity contribution in [1.29, 1.82) is 0 Å². The van der Waals surface area contributed by atoms with Gasteiger partial charge in [0, 0.05) is 12.3 Å². The van der Waals surface area contributed by atoms with Crippen LogP contribution in [0.1, 0.15) is 25.7 Å². The smallest absolute Gasteiger partial charge is 0.329 e. The molecule has 2 amide bonds. The predicted molar refractivity (Wildman–Crippen MR) is 57.3 cm³/mol. The largest absolute Gasteiger partial charge is 0.344 e. The molecule has 0 bridgehead atoms. The van der Waals surface area contributed by atoms with E-state index in [0.717, 1.165) is 31.4 Å². The van der Waals surface area contributed by atoms with Crippen molar-refractivity contribution in [3.63, 3.8) is 0 Å². The lowest BCUT2D eigenvalue weighted by Crippen LogP contribution is -2.38.